The lowest BCUT2D eigenvalue weighted by atomic mass is 10.2. The molecule has 30 heavy (non-hydrogen) atoms. The van der Waals surface area contributed by atoms with Crippen molar-refractivity contribution in [2.45, 2.75) is 23.4 Å². The Labute approximate surface area is 177 Å². The van der Waals surface area contributed by atoms with E-state index in [0.717, 1.165) is 10.6 Å². The predicted octanol–water partition coefficient (Wildman–Crippen LogP) is 3.98. The largest absolute Gasteiger partial charge is 0.326 e. The summed E-state index contributed by atoms with van der Waals surface area (Å²) in [4.78, 5) is 26.4. The summed E-state index contributed by atoms with van der Waals surface area (Å²) >= 11 is 1.46. The van der Waals surface area contributed by atoms with Crippen molar-refractivity contribution in [1.29, 1.82) is 0 Å². The maximum atomic E-state index is 12.2. The van der Waals surface area contributed by atoms with E-state index in [0.29, 0.717) is 28.4 Å². The number of aromatic nitrogens is 5. The van der Waals surface area contributed by atoms with Gasteiger partial charge in [-0.15, -0.1) is 0 Å². The lowest BCUT2D eigenvalue weighted by Crippen LogP contribution is -2.14. The topological polar surface area (TPSA) is 108 Å². The molecule has 2 aromatic heterocycles. The van der Waals surface area contributed by atoms with Gasteiger partial charge in [0.2, 0.25) is 11.9 Å². The Morgan fingerprint density at radius 1 is 1.00 bits per heavy atom. The van der Waals surface area contributed by atoms with E-state index in [9.17, 15) is 4.79 Å². The molecule has 0 saturated heterocycles. The number of rotatable bonds is 7. The van der Waals surface area contributed by atoms with Gasteiger partial charge < -0.3 is 10.6 Å². The molecule has 2 aromatic carbocycles. The Balaban J connectivity index is 1.40. The summed E-state index contributed by atoms with van der Waals surface area (Å²) in [6.45, 7) is 1.81. The molecular formula is C21H19N7OS. The number of nitrogens with zero attached hydrogens (tertiary/aromatic N) is 4. The Bertz CT molecular complexity index is 1130. The minimum absolute atomic E-state index is 0.131. The van der Waals surface area contributed by atoms with Crippen molar-refractivity contribution >= 4 is 35.1 Å². The van der Waals surface area contributed by atoms with Crippen molar-refractivity contribution < 1.29 is 4.79 Å². The van der Waals surface area contributed by atoms with Crippen molar-refractivity contribution in [3.8, 4) is 0 Å². The number of aryl methyl sites for hydroxylation is 1. The fourth-order valence-corrected chi connectivity index (χ4v) is 3.50. The lowest BCUT2D eigenvalue weighted by Gasteiger charge is -2.05. The minimum Gasteiger partial charge on any atom is -0.326 e. The molecule has 0 fully saturated rings. The molecule has 0 atom stereocenters. The van der Waals surface area contributed by atoms with E-state index in [2.05, 4.69) is 35.8 Å². The van der Waals surface area contributed by atoms with E-state index in [1.54, 1.807) is 6.07 Å². The maximum Gasteiger partial charge on any atom is 0.232 e. The number of amides is 1. The SMILES string of the molecule is Cc1nc(Nc2cc(CC(=O)Nc3ccccc3)[nH]n2)nc(Sc2ccccc2)n1. The molecule has 150 valence electrons. The molecule has 0 spiro atoms. The van der Waals surface area contributed by atoms with Crippen molar-refractivity contribution in [3.05, 3.63) is 78.2 Å². The van der Waals surface area contributed by atoms with E-state index < -0.39 is 0 Å². The van der Waals surface area contributed by atoms with Crippen LogP contribution in [0.3, 0.4) is 0 Å². The summed E-state index contributed by atoms with van der Waals surface area (Å²) in [6, 6.07) is 21.0. The van der Waals surface area contributed by atoms with Crippen molar-refractivity contribution in [1.82, 2.24) is 25.1 Å². The summed E-state index contributed by atoms with van der Waals surface area (Å²) in [7, 11) is 0. The number of benzene rings is 2. The molecule has 0 aliphatic rings. The first-order chi connectivity index (χ1) is 14.6. The second kappa shape index (κ2) is 9.19. The molecule has 1 amide bonds. The van der Waals surface area contributed by atoms with Crippen LogP contribution in [0.25, 0.3) is 0 Å². The number of hydrogen-bond acceptors (Lipinski definition) is 7. The Morgan fingerprint density at radius 3 is 2.50 bits per heavy atom. The second-order valence-electron chi connectivity index (χ2n) is 6.40. The molecule has 8 nitrogen and oxygen atoms in total. The smallest absolute Gasteiger partial charge is 0.232 e. The average molecular weight is 417 g/mol. The number of carbonyl (C=O) groups excluding carboxylic acids is 1. The van der Waals surface area contributed by atoms with Crippen molar-refractivity contribution in [2.24, 2.45) is 0 Å². The summed E-state index contributed by atoms with van der Waals surface area (Å²) < 4.78 is 0. The summed E-state index contributed by atoms with van der Waals surface area (Å²) in [6.07, 6.45) is 0.176. The molecular weight excluding hydrogens is 398 g/mol. The van der Waals surface area contributed by atoms with E-state index in [4.69, 9.17) is 0 Å². The number of hydrogen-bond donors (Lipinski definition) is 3. The van der Waals surface area contributed by atoms with Gasteiger partial charge in [0.15, 0.2) is 11.0 Å². The molecule has 4 rings (SSSR count). The number of nitrogens with one attached hydrogen (secondary N) is 3. The number of carbonyl (C=O) groups is 1. The van der Waals surface area contributed by atoms with Gasteiger partial charge in [0, 0.05) is 22.3 Å². The van der Waals surface area contributed by atoms with Crippen LogP contribution >= 0.6 is 11.8 Å². The third-order valence-corrected chi connectivity index (χ3v) is 4.83. The normalized spacial score (nSPS) is 10.6. The molecule has 0 bridgehead atoms. The van der Waals surface area contributed by atoms with Crippen LogP contribution in [0.2, 0.25) is 0 Å². The molecule has 0 aliphatic carbocycles. The van der Waals surface area contributed by atoms with Crippen LogP contribution in [0.4, 0.5) is 17.5 Å². The Hall–Kier alpha value is -3.72. The number of aromatic amines is 1. The highest BCUT2D eigenvalue weighted by atomic mass is 32.2. The number of para-hydroxylation sites is 1. The van der Waals surface area contributed by atoms with Crippen LogP contribution in [-0.2, 0) is 11.2 Å². The highest BCUT2D eigenvalue weighted by molar-refractivity contribution is 7.99. The Morgan fingerprint density at radius 2 is 1.73 bits per heavy atom. The zero-order valence-corrected chi connectivity index (χ0v) is 17.0. The molecule has 0 saturated carbocycles. The first-order valence-corrected chi connectivity index (χ1v) is 10.1. The van der Waals surface area contributed by atoms with Gasteiger partial charge in [0.05, 0.1) is 6.42 Å². The summed E-state index contributed by atoms with van der Waals surface area (Å²) in [5.74, 6) is 1.39. The van der Waals surface area contributed by atoms with Crippen LogP contribution < -0.4 is 10.6 Å². The van der Waals surface area contributed by atoms with Crippen molar-refractivity contribution in [3.63, 3.8) is 0 Å². The molecule has 9 heteroatoms. The zero-order chi connectivity index (χ0) is 20.8. The zero-order valence-electron chi connectivity index (χ0n) is 16.2. The first kappa shape index (κ1) is 19.6. The Kier molecular flexibility index (Phi) is 6.00. The lowest BCUT2D eigenvalue weighted by molar-refractivity contribution is -0.115. The fourth-order valence-electron chi connectivity index (χ4n) is 2.68. The molecule has 0 radical (unpaired) electrons. The third-order valence-electron chi connectivity index (χ3n) is 3.96. The van der Waals surface area contributed by atoms with Gasteiger partial charge in [0.1, 0.15) is 5.82 Å². The average Bonchev–Trinajstić information content (AvgIpc) is 3.15. The van der Waals surface area contributed by atoms with Gasteiger partial charge in [-0.25, -0.2) is 4.98 Å². The van der Waals surface area contributed by atoms with Gasteiger partial charge in [-0.1, -0.05) is 36.4 Å². The van der Waals surface area contributed by atoms with E-state index >= 15 is 0 Å². The van der Waals surface area contributed by atoms with E-state index in [1.807, 2.05) is 67.6 Å². The quantitative estimate of drug-likeness (QED) is 0.417. The standard InChI is InChI=1S/C21H19N7OS/c1-14-22-20(26-21(23-14)30-17-10-6-3-7-11-17)25-18-12-16(27-28-18)13-19(29)24-15-8-4-2-5-9-15/h2-12H,13H2,1H3,(H,24,29)(H2,22,23,25,26,27,28). The maximum absolute atomic E-state index is 12.2. The van der Waals surface area contributed by atoms with Crippen molar-refractivity contribution in [2.75, 3.05) is 10.6 Å². The highest BCUT2D eigenvalue weighted by Gasteiger charge is 2.10. The summed E-state index contributed by atoms with van der Waals surface area (Å²) in [5.41, 5.74) is 1.43. The van der Waals surface area contributed by atoms with Crippen LogP contribution in [-0.4, -0.2) is 31.1 Å². The van der Waals surface area contributed by atoms with Gasteiger partial charge >= 0.3 is 0 Å². The first-order valence-electron chi connectivity index (χ1n) is 9.26. The molecule has 0 aliphatic heterocycles. The molecule has 4 aromatic rings. The number of anilines is 3. The highest BCUT2D eigenvalue weighted by Crippen LogP contribution is 2.25. The molecule has 2 heterocycles. The predicted molar refractivity (Wildman–Crippen MR) is 116 cm³/mol. The van der Waals surface area contributed by atoms with Crippen LogP contribution in [0.1, 0.15) is 11.5 Å². The van der Waals surface area contributed by atoms with E-state index in [-0.39, 0.29) is 12.3 Å². The van der Waals surface area contributed by atoms with E-state index in [1.165, 1.54) is 11.8 Å². The number of H-pyrrole nitrogens is 1. The summed E-state index contributed by atoms with van der Waals surface area (Å²) in [5, 5.41) is 13.6. The second-order valence-corrected chi connectivity index (χ2v) is 7.44. The van der Waals surface area contributed by atoms with Crippen LogP contribution in [0.5, 0.6) is 0 Å². The van der Waals surface area contributed by atoms with Gasteiger partial charge in [-0.05, 0) is 43.0 Å². The monoisotopic (exact) mass is 417 g/mol. The van der Waals surface area contributed by atoms with Gasteiger partial charge in [0.25, 0.3) is 0 Å². The third kappa shape index (κ3) is 5.42. The van der Waals surface area contributed by atoms with Gasteiger partial charge in [-0.3, -0.25) is 9.89 Å². The molecule has 3 N–H and O–H groups in total. The van der Waals surface area contributed by atoms with Crippen LogP contribution in [0, 0.1) is 6.92 Å². The fraction of sp³-hybridized carbons (Fsp3) is 0.0952. The minimum atomic E-state index is -0.131. The van der Waals surface area contributed by atoms with Gasteiger partial charge in [-0.2, -0.15) is 15.1 Å². The molecule has 0 unspecified atom stereocenters. The van der Waals surface area contributed by atoms with Crippen LogP contribution in [0.15, 0.2) is 76.8 Å².